The summed E-state index contributed by atoms with van der Waals surface area (Å²) < 4.78 is 5.35. The summed E-state index contributed by atoms with van der Waals surface area (Å²) in [6.45, 7) is 4.54. The first-order chi connectivity index (χ1) is 9.84. The topological polar surface area (TPSA) is 15.7 Å². The number of nitrogens with zero attached hydrogens (tertiary/aromatic N) is 2. The number of fused-ring (bicyclic) bond motifs is 1. The normalized spacial score (nSPS) is 19.2. The van der Waals surface area contributed by atoms with Crippen LogP contribution >= 0.6 is 12.2 Å². The number of ether oxygens (including phenoxy) is 1. The minimum absolute atomic E-state index is 0.809. The van der Waals surface area contributed by atoms with Crippen LogP contribution in [0, 0.1) is 0 Å². The molecular formula is C16H20N2OS. The van der Waals surface area contributed by atoms with Gasteiger partial charge in [-0.3, -0.25) is 0 Å². The average molecular weight is 288 g/mol. The molecule has 0 N–H and O–H groups in total. The molecule has 1 aromatic carbocycles. The Kier molecular flexibility index (Phi) is 4.33. The van der Waals surface area contributed by atoms with Gasteiger partial charge in [-0.25, -0.2) is 0 Å². The van der Waals surface area contributed by atoms with E-state index in [0.717, 1.165) is 44.3 Å². The minimum Gasteiger partial charge on any atom is -0.378 e. The second-order valence-corrected chi connectivity index (χ2v) is 5.60. The van der Waals surface area contributed by atoms with Crippen molar-refractivity contribution in [2.75, 3.05) is 37.7 Å². The first-order valence-electron chi connectivity index (χ1n) is 7.24. The standard InChI is InChI=1S/C16H20N2OS/c20-16(7-9-17-10-12-19-13-11-17)18-8-3-5-14-4-1-2-6-15(14)18/h1-2,4,6-7,9H,3,5,8,10-13H2/b9-7+. The number of aryl methyl sites for hydroxylation is 1. The van der Waals surface area contributed by atoms with Crippen molar-refractivity contribution in [2.45, 2.75) is 12.8 Å². The van der Waals surface area contributed by atoms with Crippen LogP contribution in [0.25, 0.3) is 0 Å². The molecule has 0 bridgehead atoms. The summed E-state index contributed by atoms with van der Waals surface area (Å²) in [5, 5.41) is 0. The summed E-state index contributed by atoms with van der Waals surface area (Å²) in [7, 11) is 0. The van der Waals surface area contributed by atoms with Crippen LogP contribution in [0.3, 0.4) is 0 Å². The van der Waals surface area contributed by atoms with Crippen molar-refractivity contribution in [1.29, 1.82) is 0 Å². The van der Waals surface area contributed by atoms with E-state index in [9.17, 15) is 0 Å². The molecule has 0 radical (unpaired) electrons. The van der Waals surface area contributed by atoms with Crippen LogP contribution in [0.4, 0.5) is 5.69 Å². The van der Waals surface area contributed by atoms with Crippen LogP contribution < -0.4 is 4.90 Å². The molecule has 0 aromatic heterocycles. The molecule has 3 rings (SSSR count). The lowest BCUT2D eigenvalue weighted by atomic mass is 10.0. The van der Waals surface area contributed by atoms with Gasteiger partial charge in [0, 0.05) is 31.5 Å². The van der Waals surface area contributed by atoms with Crippen molar-refractivity contribution < 1.29 is 4.74 Å². The maximum Gasteiger partial charge on any atom is 0.107 e. The van der Waals surface area contributed by atoms with Crippen molar-refractivity contribution in [3.05, 3.63) is 42.1 Å². The highest BCUT2D eigenvalue weighted by Gasteiger charge is 2.18. The van der Waals surface area contributed by atoms with Gasteiger partial charge in [-0.15, -0.1) is 0 Å². The third-order valence-electron chi connectivity index (χ3n) is 3.85. The lowest BCUT2D eigenvalue weighted by Crippen LogP contribution is -2.35. The first kappa shape index (κ1) is 13.6. The van der Waals surface area contributed by atoms with Crippen LogP contribution in [-0.2, 0) is 11.2 Å². The minimum atomic E-state index is 0.809. The molecule has 3 nitrogen and oxygen atoms in total. The number of thiocarbonyl (C=S) groups is 1. The molecule has 0 unspecified atom stereocenters. The fourth-order valence-corrected chi connectivity index (χ4v) is 3.00. The predicted octanol–water partition coefficient (Wildman–Crippen LogP) is 2.61. The van der Waals surface area contributed by atoms with Crippen molar-refractivity contribution in [3.8, 4) is 0 Å². The van der Waals surface area contributed by atoms with Gasteiger partial charge in [0.15, 0.2) is 0 Å². The Morgan fingerprint density at radius 1 is 1.15 bits per heavy atom. The van der Waals surface area contributed by atoms with Crippen LogP contribution in [0.5, 0.6) is 0 Å². The lowest BCUT2D eigenvalue weighted by Gasteiger charge is -2.31. The molecule has 1 aromatic rings. The molecule has 0 amide bonds. The monoisotopic (exact) mass is 288 g/mol. The van der Waals surface area contributed by atoms with Gasteiger partial charge in [-0.05, 0) is 30.5 Å². The Hall–Kier alpha value is -1.39. The Balaban J connectivity index is 1.70. The van der Waals surface area contributed by atoms with Crippen molar-refractivity contribution in [2.24, 2.45) is 0 Å². The average Bonchev–Trinajstić information content (AvgIpc) is 2.53. The van der Waals surface area contributed by atoms with Gasteiger partial charge < -0.3 is 14.5 Å². The van der Waals surface area contributed by atoms with E-state index in [0.29, 0.717) is 0 Å². The number of benzene rings is 1. The number of anilines is 1. The van der Waals surface area contributed by atoms with Gasteiger partial charge in [0.1, 0.15) is 4.99 Å². The molecular weight excluding hydrogens is 268 g/mol. The second kappa shape index (κ2) is 6.37. The van der Waals surface area contributed by atoms with Crippen LogP contribution in [0.1, 0.15) is 12.0 Å². The zero-order chi connectivity index (χ0) is 13.8. The molecule has 0 spiro atoms. The molecule has 2 aliphatic rings. The van der Waals surface area contributed by atoms with Gasteiger partial charge >= 0.3 is 0 Å². The van der Waals surface area contributed by atoms with E-state index in [1.165, 1.54) is 17.7 Å². The summed E-state index contributed by atoms with van der Waals surface area (Å²) in [5.74, 6) is 0. The van der Waals surface area contributed by atoms with E-state index in [-0.39, 0.29) is 0 Å². The van der Waals surface area contributed by atoms with Gasteiger partial charge in [-0.1, -0.05) is 30.4 Å². The SMILES string of the molecule is S=C(/C=C/N1CCOCC1)N1CCCc2ccccc21. The van der Waals surface area contributed by atoms with E-state index in [4.69, 9.17) is 17.0 Å². The van der Waals surface area contributed by atoms with Gasteiger partial charge in [0.05, 0.1) is 13.2 Å². The highest BCUT2D eigenvalue weighted by atomic mass is 32.1. The van der Waals surface area contributed by atoms with E-state index in [1.807, 2.05) is 0 Å². The van der Waals surface area contributed by atoms with Crippen molar-refractivity contribution >= 4 is 22.9 Å². The van der Waals surface area contributed by atoms with Crippen LogP contribution in [0.15, 0.2) is 36.5 Å². The molecule has 0 saturated carbocycles. The van der Waals surface area contributed by atoms with Crippen molar-refractivity contribution in [1.82, 2.24) is 4.90 Å². The Labute approximate surface area is 125 Å². The largest absolute Gasteiger partial charge is 0.378 e. The summed E-state index contributed by atoms with van der Waals surface area (Å²) in [6.07, 6.45) is 6.50. The van der Waals surface area contributed by atoms with E-state index >= 15 is 0 Å². The molecule has 20 heavy (non-hydrogen) atoms. The zero-order valence-corrected chi connectivity index (χ0v) is 12.4. The Morgan fingerprint density at radius 2 is 1.95 bits per heavy atom. The zero-order valence-electron chi connectivity index (χ0n) is 11.6. The van der Waals surface area contributed by atoms with Gasteiger partial charge in [-0.2, -0.15) is 0 Å². The molecule has 1 saturated heterocycles. The number of hydrogen-bond donors (Lipinski definition) is 0. The van der Waals surface area contributed by atoms with Gasteiger partial charge in [0.25, 0.3) is 0 Å². The molecule has 2 aliphatic heterocycles. The number of para-hydroxylation sites is 1. The highest BCUT2D eigenvalue weighted by molar-refractivity contribution is 7.81. The smallest absolute Gasteiger partial charge is 0.107 e. The molecule has 0 atom stereocenters. The quantitative estimate of drug-likeness (QED) is 0.614. The molecule has 2 heterocycles. The van der Waals surface area contributed by atoms with Gasteiger partial charge in [0.2, 0.25) is 0 Å². The summed E-state index contributed by atoms with van der Waals surface area (Å²) in [4.78, 5) is 5.43. The second-order valence-electron chi connectivity index (χ2n) is 5.19. The molecule has 4 heteroatoms. The van der Waals surface area contributed by atoms with Crippen LogP contribution in [-0.4, -0.2) is 42.7 Å². The van der Waals surface area contributed by atoms with Crippen molar-refractivity contribution in [3.63, 3.8) is 0 Å². The van der Waals surface area contributed by atoms with E-state index < -0.39 is 0 Å². The number of morpholine rings is 1. The number of hydrogen-bond acceptors (Lipinski definition) is 3. The molecule has 106 valence electrons. The third kappa shape index (κ3) is 3.02. The predicted molar refractivity (Wildman–Crippen MR) is 86.2 cm³/mol. The molecule has 1 fully saturated rings. The summed E-state index contributed by atoms with van der Waals surface area (Å²) in [5.41, 5.74) is 2.68. The third-order valence-corrected chi connectivity index (χ3v) is 4.21. The maximum atomic E-state index is 5.60. The van der Waals surface area contributed by atoms with E-state index in [2.05, 4.69) is 46.3 Å². The number of rotatable bonds is 2. The Morgan fingerprint density at radius 3 is 2.80 bits per heavy atom. The fourth-order valence-electron chi connectivity index (χ4n) is 2.75. The summed E-state index contributed by atoms with van der Waals surface area (Å²) in [6, 6.07) is 8.57. The van der Waals surface area contributed by atoms with Crippen LogP contribution in [0.2, 0.25) is 0 Å². The summed E-state index contributed by atoms with van der Waals surface area (Å²) >= 11 is 5.60. The fraction of sp³-hybridized carbons (Fsp3) is 0.438. The Bertz CT molecular complexity index is 509. The maximum absolute atomic E-state index is 5.60. The first-order valence-corrected chi connectivity index (χ1v) is 7.65. The van der Waals surface area contributed by atoms with E-state index in [1.54, 1.807) is 0 Å². The highest BCUT2D eigenvalue weighted by Crippen LogP contribution is 2.27. The molecule has 0 aliphatic carbocycles. The lowest BCUT2D eigenvalue weighted by molar-refractivity contribution is 0.0594.